The predicted octanol–water partition coefficient (Wildman–Crippen LogP) is 2.91. The molecule has 0 aliphatic carbocycles. The molecular formula is C15H18FN3OS. The van der Waals surface area contributed by atoms with Crippen molar-refractivity contribution in [2.24, 2.45) is 0 Å². The number of rotatable bonds is 5. The van der Waals surface area contributed by atoms with E-state index in [1.807, 2.05) is 6.20 Å². The lowest BCUT2D eigenvalue weighted by Crippen LogP contribution is -2.33. The third-order valence-corrected chi connectivity index (χ3v) is 4.50. The van der Waals surface area contributed by atoms with Crippen molar-refractivity contribution in [1.29, 1.82) is 0 Å². The van der Waals surface area contributed by atoms with Gasteiger partial charge in [-0.15, -0.1) is 11.3 Å². The number of aromatic nitrogens is 1. The van der Waals surface area contributed by atoms with Crippen molar-refractivity contribution in [2.75, 3.05) is 18.9 Å². The summed E-state index contributed by atoms with van der Waals surface area (Å²) in [6, 6.07) is 6.55. The number of thiazole rings is 1. The van der Waals surface area contributed by atoms with E-state index in [0.29, 0.717) is 23.5 Å². The van der Waals surface area contributed by atoms with Gasteiger partial charge in [0.15, 0.2) is 5.13 Å². The largest absolute Gasteiger partial charge is 0.492 e. The molecule has 0 radical (unpaired) electrons. The van der Waals surface area contributed by atoms with E-state index in [-0.39, 0.29) is 5.82 Å². The zero-order chi connectivity index (χ0) is 14.7. The van der Waals surface area contributed by atoms with Crippen molar-refractivity contribution in [3.63, 3.8) is 0 Å². The van der Waals surface area contributed by atoms with Gasteiger partial charge in [0.05, 0.1) is 0 Å². The molecule has 1 aromatic carbocycles. The standard InChI is InChI=1S/C15H18FN3OS/c16-11-3-5-13(6-4-11)20-10-12-2-1-7-19(12)9-14-8-18-15(17)21-14/h3-6,8,12H,1-2,7,9-10H2,(H2,17,18). The molecule has 0 bridgehead atoms. The van der Waals surface area contributed by atoms with Gasteiger partial charge in [-0.3, -0.25) is 4.90 Å². The van der Waals surface area contributed by atoms with Crippen LogP contribution in [0.25, 0.3) is 0 Å². The minimum absolute atomic E-state index is 0.243. The van der Waals surface area contributed by atoms with Gasteiger partial charge >= 0.3 is 0 Å². The summed E-state index contributed by atoms with van der Waals surface area (Å²) in [4.78, 5) is 7.67. The van der Waals surface area contributed by atoms with E-state index < -0.39 is 0 Å². The second kappa shape index (κ2) is 6.41. The van der Waals surface area contributed by atoms with E-state index >= 15 is 0 Å². The van der Waals surface area contributed by atoms with Crippen molar-refractivity contribution in [1.82, 2.24) is 9.88 Å². The number of nitrogens with two attached hydrogens (primary N) is 1. The van der Waals surface area contributed by atoms with Gasteiger partial charge in [-0.2, -0.15) is 0 Å². The lowest BCUT2D eigenvalue weighted by atomic mass is 10.2. The van der Waals surface area contributed by atoms with E-state index in [1.54, 1.807) is 12.1 Å². The number of nitrogens with zero attached hydrogens (tertiary/aromatic N) is 2. The molecule has 1 aromatic heterocycles. The fraction of sp³-hybridized carbons (Fsp3) is 0.400. The van der Waals surface area contributed by atoms with Gasteiger partial charge < -0.3 is 10.5 Å². The highest BCUT2D eigenvalue weighted by atomic mass is 32.1. The summed E-state index contributed by atoms with van der Waals surface area (Å²) in [5.74, 6) is 0.470. The number of halogens is 1. The highest BCUT2D eigenvalue weighted by molar-refractivity contribution is 7.15. The van der Waals surface area contributed by atoms with Crippen LogP contribution in [0.15, 0.2) is 30.5 Å². The molecule has 2 heterocycles. The Kier molecular flexibility index (Phi) is 4.36. The van der Waals surface area contributed by atoms with E-state index in [1.165, 1.54) is 34.8 Å². The maximum absolute atomic E-state index is 12.9. The molecule has 4 nitrogen and oxygen atoms in total. The molecule has 2 aromatic rings. The molecule has 1 unspecified atom stereocenters. The SMILES string of the molecule is Nc1ncc(CN2CCCC2COc2ccc(F)cc2)s1. The number of ether oxygens (including phenoxy) is 1. The van der Waals surface area contributed by atoms with Gasteiger partial charge in [0.2, 0.25) is 0 Å². The molecule has 0 saturated carbocycles. The van der Waals surface area contributed by atoms with Crippen LogP contribution >= 0.6 is 11.3 Å². The van der Waals surface area contributed by atoms with Crippen LogP contribution in [0.3, 0.4) is 0 Å². The minimum atomic E-state index is -0.243. The molecule has 21 heavy (non-hydrogen) atoms. The van der Waals surface area contributed by atoms with Crippen molar-refractivity contribution >= 4 is 16.5 Å². The van der Waals surface area contributed by atoms with Crippen LogP contribution in [-0.4, -0.2) is 29.1 Å². The first-order chi connectivity index (χ1) is 10.2. The summed E-state index contributed by atoms with van der Waals surface area (Å²) >= 11 is 1.54. The predicted molar refractivity (Wildman–Crippen MR) is 81.9 cm³/mol. The normalized spacial score (nSPS) is 19.0. The molecule has 0 spiro atoms. The van der Waals surface area contributed by atoms with E-state index in [0.717, 1.165) is 19.5 Å². The molecule has 1 fully saturated rings. The van der Waals surface area contributed by atoms with Crippen LogP contribution in [0.2, 0.25) is 0 Å². The first kappa shape index (κ1) is 14.3. The number of likely N-dealkylation sites (tertiary alicyclic amines) is 1. The van der Waals surface area contributed by atoms with Gasteiger partial charge in [-0.05, 0) is 43.7 Å². The quantitative estimate of drug-likeness (QED) is 0.923. The third kappa shape index (κ3) is 3.71. The van der Waals surface area contributed by atoms with Crippen LogP contribution in [-0.2, 0) is 6.54 Å². The van der Waals surface area contributed by atoms with Crippen molar-refractivity contribution < 1.29 is 9.13 Å². The Balaban J connectivity index is 1.55. The van der Waals surface area contributed by atoms with Crippen LogP contribution in [0.5, 0.6) is 5.75 Å². The Morgan fingerprint density at radius 3 is 2.90 bits per heavy atom. The molecular weight excluding hydrogens is 289 g/mol. The van der Waals surface area contributed by atoms with Crippen LogP contribution in [0.4, 0.5) is 9.52 Å². The molecule has 1 saturated heterocycles. The molecule has 1 atom stereocenters. The van der Waals surface area contributed by atoms with Crippen molar-refractivity contribution in [2.45, 2.75) is 25.4 Å². The molecule has 112 valence electrons. The third-order valence-electron chi connectivity index (χ3n) is 3.69. The van der Waals surface area contributed by atoms with Crippen molar-refractivity contribution in [3.05, 3.63) is 41.2 Å². The van der Waals surface area contributed by atoms with Gasteiger partial charge in [0.25, 0.3) is 0 Å². The Labute approximate surface area is 127 Å². The number of hydrogen-bond acceptors (Lipinski definition) is 5. The number of benzene rings is 1. The highest BCUT2D eigenvalue weighted by Gasteiger charge is 2.25. The van der Waals surface area contributed by atoms with Gasteiger partial charge in [0.1, 0.15) is 18.2 Å². The first-order valence-electron chi connectivity index (χ1n) is 7.03. The monoisotopic (exact) mass is 307 g/mol. The summed E-state index contributed by atoms with van der Waals surface area (Å²) in [6.45, 7) is 2.56. The number of nitrogen functional groups attached to an aromatic ring is 1. The Hall–Kier alpha value is -1.66. The Bertz CT molecular complexity index is 587. The summed E-state index contributed by atoms with van der Waals surface area (Å²) in [5.41, 5.74) is 5.67. The fourth-order valence-corrected chi connectivity index (χ4v) is 3.32. The molecule has 6 heteroatoms. The van der Waals surface area contributed by atoms with E-state index in [2.05, 4.69) is 9.88 Å². The maximum atomic E-state index is 12.9. The lowest BCUT2D eigenvalue weighted by molar-refractivity contribution is 0.168. The highest BCUT2D eigenvalue weighted by Crippen LogP contribution is 2.24. The minimum Gasteiger partial charge on any atom is -0.492 e. The smallest absolute Gasteiger partial charge is 0.180 e. The zero-order valence-electron chi connectivity index (χ0n) is 11.7. The molecule has 3 rings (SSSR count). The number of anilines is 1. The first-order valence-corrected chi connectivity index (χ1v) is 7.85. The maximum Gasteiger partial charge on any atom is 0.180 e. The van der Waals surface area contributed by atoms with Crippen LogP contribution in [0, 0.1) is 5.82 Å². The summed E-state index contributed by atoms with van der Waals surface area (Å²) < 4.78 is 18.6. The average Bonchev–Trinajstić information content (AvgIpc) is 3.08. The number of hydrogen-bond donors (Lipinski definition) is 1. The lowest BCUT2D eigenvalue weighted by Gasteiger charge is -2.23. The second-order valence-corrected chi connectivity index (χ2v) is 6.34. The summed E-state index contributed by atoms with van der Waals surface area (Å²) in [6.07, 6.45) is 4.14. The molecule has 0 amide bonds. The fourth-order valence-electron chi connectivity index (χ4n) is 2.61. The Morgan fingerprint density at radius 1 is 1.38 bits per heavy atom. The van der Waals surface area contributed by atoms with E-state index in [4.69, 9.17) is 10.5 Å². The van der Waals surface area contributed by atoms with Gasteiger partial charge in [-0.1, -0.05) is 0 Å². The molecule has 1 aliphatic rings. The van der Waals surface area contributed by atoms with Gasteiger partial charge in [0, 0.05) is 23.7 Å². The van der Waals surface area contributed by atoms with E-state index in [9.17, 15) is 4.39 Å². The average molecular weight is 307 g/mol. The Morgan fingerprint density at radius 2 is 2.19 bits per heavy atom. The van der Waals surface area contributed by atoms with Crippen LogP contribution < -0.4 is 10.5 Å². The zero-order valence-corrected chi connectivity index (χ0v) is 12.5. The topological polar surface area (TPSA) is 51.4 Å². The molecule has 2 N–H and O–H groups in total. The van der Waals surface area contributed by atoms with Gasteiger partial charge in [-0.25, -0.2) is 9.37 Å². The van der Waals surface area contributed by atoms with Crippen molar-refractivity contribution in [3.8, 4) is 5.75 Å². The molecule has 1 aliphatic heterocycles. The summed E-state index contributed by atoms with van der Waals surface area (Å²) in [5, 5.41) is 0.614. The summed E-state index contributed by atoms with van der Waals surface area (Å²) in [7, 11) is 0. The second-order valence-electron chi connectivity index (χ2n) is 5.20. The van der Waals surface area contributed by atoms with Crippen LogP contribution in [0.1, 0.15) is 17.7 Å².